The van der Waals surface area contributed by atoms with Gasteiger partial charge in [-0.1, -0.05) is 52.3 Å². The van der Waals surface area contributed by atoms with E-state index < -0.39 is 0 Å². The molecule has 3 rings (SSSR count). The molecule has 1 aromatic heterocycles. The lowest BCUT2D eigenvalue weighted by Crippen LogP contribution is -2.26. The van der Waals surface area contributed by atoms with E-state index in [1.54, 1.807) is 16.8 Å². The molecule has 0 fully saturated rings. The molecule has 0 aliphatic carbocycles. The Bertz CT molecular complexity index is 910. The second-order valence-electron chi connectivity index (χ2n) is 5.21. The fourth-order valence-corrected chi connectivity index (χ4v) is 2.84. The van der Waals surface area contributed by atoms with E-state index in [0.717, 1.165) is 15.7 Å². The van der Waals surface area contributed by atoms with Gasteiger partial charge in [0.25, 0.3) is 5.91 Å². The number of hydrogen-bond acceptors (Lipinski definition) is 2. The number of carbonyl (C=O) groups is 1. The summed E-state index contributed by atoms with van der Waals surface area (Å²) in [6.07, 6.45) is 1.73. The van der Waals surface area contributed by atoms with Crippen LogP contribution in [0.1, 0.15) is 21.6 Å². The van der Waals surface area contributed by atoms with Crippen LogP contribution in [-0.2, 0) is 6.54 Å². The maximum Gasteiger partial charge on any atom is 0.269 e. The van der Waals surface area contributed by atoms with Crippen LogP contribution < -0.4 is 5.32 Å². The molecular formula is C19H14BrN3O. The molecule has 4 nitrogen and oxygen atoms in total. The Morgan fingerprint density at radius 3 is 2.62 bits per heavy atom. The molecule has 0 atom stereocenters. The monoisotopic (exact) mass is 379 g/mol. The quantitative estimate of drug-likeness (QED) is 0.743. The minimum Gasteiger partial charge on any atom is -0.347 e. The predicted octanol–water partition coefficient (Wildman–Crippen LogP) is 4.04. The molecule has 1 heterocycles. The number of nitrogens with one attached hydrogen (secondary N) is 1. The Hall–Kier alpha value is -2.84. The molecule has 2 aromatic carbocycles. The van der Waals surface area contributed by atoms with Gasteiger partial charge in [0.05, 0.1) is 5.56 Å². The number of carbonyl (C=O) groups excluding carboxylic acids is 1. The average molecular weight is 380 g/mol. The number of aromatic nitrogens is 1. The Morgan fingerprint density at radius 2 is 1.92 bits per heavy atom. The van der Waals surface area contributed by atoms with Gasteiger partial charge in [0.1, 0.15) is 11.8 Å². The van der Waals surface area contributed by atoms with Crippen molar-refractivity contribution in [3.63, 3.8) is 0 Å². The molecule has 0 bridgehead atoms. The SMILES string of the molecule is N#Cc1ccn(-c2cccc(Br)c2)c1C(=O)NCc1ccccc1. The van der Waals surface area contributed by atoms with E-state index in [0.29, 0.717) is 17.8 Å². The van der Waals surface area contributed by atoms with E-state index in [1.807, 2.05) is 54.6 Å². The average Bonchev–Trinajstić information content (AvgIpc) is 3.05. The highest BCUT2D eigenvalue weighted by Crippen LogP contribution is 2.20. The zero-order chi connectivity index (χ0) is 16.9. The van der Waals surface area contributed by atoms with E-state index in [4.69, 9.17) is 0 Å². The number of nitriles is 1. The third-order valence-corrected chi connectivity index (χ3v) is 4.10. The molecular weight excluding hydrogens is 366 g/mol. The largest absolute Gasteiger partial charge is 0.347 e. The van der Waals surface area contributed by atoms with Gasteiger partial charge in [0.2, 0.25) is 0 Å². The highest BCUT2D eigenvalue weighted by molar-refractivity contribution is 9.10. The predicted molar refractivity (Wildman–Crippen MR) is 95.8 cm³/mol. The first-order valence-electron chi connectivity index (χ1n) is 7.38. The number of nitrogens with zero attached hydrogens (tertiary/aromatic N) is 2. The molecule has 0 spiro atoms. The summed E-state index contributed by atoms with van der Waals surface area (Å²) in [5.41, 5.74) is 2.51. The maximum absolute atomic E-state index is 12.6. The molecule has 3 aromatic rings. The van der Waals surface area contributed by atoms with E-state index in [9.17, 15) is 10.1 Å². The molecule has 5 heteroatoms. The molecule has 0 saturated carbocycles. The summed E-state index contributed by atoms with van der Waals surface area (Å²) < 4.78 is 2.63. The normalized spacial score (nSPS) is 10.2. The lowest BCUT2D eigenvalue weighted by atomic mass is 10.2. The van der Waals surface area contributed by atoms with E-state index in [2.05, 4.69) is 27.3 Å². The van der Waals surface area contributed by atoms with Crippen molar-refractivity contribution in [1.29, 1.82) is 5.26 Å². The van der Waals surface area contributed by atoms with Crippen molar-refractivity contribution < 1.29 is 4.79 Å². The van der Waals surface area contributed by atoms with Crippen LogP contribution in [0.3, 0.4) is 0 Å². The number of hydrogen-bond donors (Lipinski definition) is 1. The van der Waals surface area contributed by atoms with Gasteiger partial charge in [-0.2, -0.15) is 5.26 Å². The number of halogens is 1. The third kappa shape index (κ3) is 3.39. The zero-order valence-corrected chi connectivity index (χ0v) is 14.3. The second kappa shape index (κ2) is 7.16. The Kier molecular flexibility index (Phi) is 4.78. The van der Waals surface area contributed by atoms with Crippen LogP contribution in [0.15, 0.2) is 71.3 Å². The first kappa shape index (κ1) is 16.0. The van der Waals surface area contributed by atoms with E-state index >= 15 is 0 Å². The number of amides is 1. The summed E-state index contributed by atoms with van der Waals surface area (Å²) >= 11 is 3.43. The lowest BCUT2D eigenvalue weighted by molar-refractivity contribution is 0.0944. The van der Waals surface area contributed by atoms with Crippen molar-refractivity contribution >= 4 is 21.8 Å². The first-order valence-corrected chi connectivity index (χ1v) is 8.18. The summed E-state index contributed by atoms with van der Waals surface area (Å²) in [7, 11) is 0. The minimum atomic E-state index is -0.277. The van der Waals surface area contributed by atoms with Crippen LogP contribution in [0.2, 0.25) is 0 Å². The molecule has 118 valence electrons. The van der Waals surface area contributed by atoms with Crippen molar-refractivity contribution in [3.05, 3.63) is 88.2 Å². The van der Waals surface area contributed by atoms with Gasteiger partial charge in [-0.25, -0.2) is 0 Å². The van der Waals surface area contributed by atoms with Gasteiger partial charge in [-0.3, -0.25) is 4.79 Å². The van der Waals surface area contributed by atoms with Crippen LogP contribution in [0, 0.1) is 11.3 Å². The Balaban J connectivity index is 1.90. The van der Waals surface area contributed by atoms with Crippen LogP contribution in [0.4, 0.5) is 0 Å². The molecule has 0 aliphatic rings. The molecule has 24 heavy (non-hydrogen) atoms. The van der Waals surface area contributed by atoms with Gasteiger partial charge in [-0.05, 0) is 29.8 Å². The molecule has 1 N–H and O–H groups in total. The fraction of sp³-hybridized carbons (Fsp3) is 0.0526. The summed E-state index contributed by atoms with van der Waals surface area (Å²) in [5.74, 6) is -0.277. The van der Waals surface area contributed by atoms with Crippen LogP contribution in [0.5, 0.6) is 0 Å². The van der Waals surface area contributed by atoms with Gasteiger partial charge in [0, 0.05) is 22.9 Å². The van der Waals surface area contributed by atoms with Gasteiger partial charge >= 0.3 is 0 Å². The van der Waals surface area contributed by atoms with Crippen molar-refractivity contribution in [2.75, 3.05) is 0 Å². The molecule has 0 radical (unpaired) electrons. The van der Waals surface area contributed by atoms with Crippen molar-refractivity contribution in [1.82, 2.24) is 9.88 Å². The third-order valence-electron chi connectivity index (χ3n) is 3.60. The van der Waals surface area contributed by atoms with Crippen molar-refractivity contribution in [2.24, 2.45) is 0 Å². The fourth-order valence-electron chi connectivity index (χ4n) is 2.46. The summed E-state index contributed by atoms with van der Waals surface area (Å²) in [5, 5.41) is 12.2. The zero-order valence-electron chi connectivity index (χ0n) is 12.7. The molecule has 0 aliphatic heterocycles. The number of rotatable bonds is 4. The smallest absolute Gasteiger partial charge is 0.269 e. The highest BCUT2D eigenvalue weighted by Gasteiger charge is 2.18. The summed E-state index contributed by atoms with van der Waals surface area (Å²) in [4.78, 5) is 12.6. The second-order valence-corrected chi connectivity index (χ2v) is 6.12. The minimum absolute atomic E-state index is 0.277. The number of benzene rings is 2. The molecule has 0 saturated heterocycles. The Morgan fingerprint density at radius 1 is 1.12 bits per heavy atom. The van der Waals surface area contributed by atoms with Crippen LogP contribution >= 0.6 is 15.9 Å². The summed E-state index contributed by atoms with van der Waals surface area (Å²) in [6.45, 7) is 0.411. The van der Waals surface area contributed by atoms with E-state index in [1.165, 1.54) is 0 Å². The molecule has 0 unspecified atom stereocenters. The van der Waals surface area contributed by atoms with Gasteiger partial charge in [0.15, 0.2) is 0 Å². The van der Waals surface area contributed by atoms with Gasteiger partial charge in [-0.15, -0.1) is 0 Å². The first-order chi connectivity index (χ1) is 11.7. The lowest BCUT2D eigenvalue weighted by Gasteiger charge is -2.11. The van der Waals surface area contributed by atoms with Crippen LogP contribution in [-0.4, -0.2) is 10.5 Å². The summed E-state index contributed by atoms with van der Waals surface area (Å²) in [6, 6.07) is 21.0. The standard InChI is InChI=1S/C19H14BrN3O/c20-16-7-4-8-17(11-16)23-10-9-15(12-21)18(23)19(24)22-13-14-5-2-1-3-6-14/h1-11H,13H2,(H,22,24). The van der Waals surface area contributed by atoms with Gasteiger partial charge < -0.3 is 9.88 Å². The Labute approximate surface area is 148 Å². The van der Waals surface area contributed by atoms with Crippen molar-refractivity contribution in [2.45, 2.75) is 6.54 Å². The van der Waals surface area contributed by atoms with E-state index in [-0.39, 0.29) is 5.91 Å². The van der Waals surface area contributed by atoms with Crippen molar-refractivity contribution in [3.8, 4) is 11.8 Å². The highest BCUT2D eigenvalue weighted by atomic mass is 79.9. The maximum atomic E-state index is 12.6. The topological polar surface area (TPSA) is 57.8 Å². The molecule has 1 amide bonds. The van der Waals surface area contributed by atoms with Crippen LogP contribution in [0.25, 0.3) is 5.69 Å².